The molecule has 1 amide bonds. The zero-order chi connectivity index (χ0) is 19.3. The Bertz CT molecular complexity index is 523. The molecule has 0 radical (unpaired) electrons. The van der Waals surface area contributed by atoms with E-state index >= 15 is 0 Å². The van der Waals surface area contributed by atoms with Gasteiger partial charge in [-0.25, -0.2) is 9.78 Å². The number of aryl methyl sites for hydroxylation is 1. The highest BCUT2D eigenvalue weighted by molar-refractivity contribution is 5.82. The van der Waals surface area contributed by atoms with Gasteiger partial charge >= 0.3 is 6.16 Å². The molecule has 0 saturated carbocycles. The Hall–Kier alpha value is -2.13. The van der Waals surface area contributed by atoms with Crippen LogP contribution in [0.2, 0.25) is 0 Å². The quantitative estimate of drug-likeness (QED) is 0.392. The van der Waals surface area contributed by atoms with Crippen LogP contribution in [0.4, 0.5) is 4.79 Å². The maximum absolute atomic E-state index is 12.3. The van der Waals surface area contributed by atoms with E-state index in [9.17, 15) is 14.7 Å². The summed E-state index contributed by atoms with van der Waals surface area (Å²) in [7, 11) is 0. The van der Waals surface area contributed by atoms with Crippen molar-refractivity contribution in [3.05, 3.63) is 18.7 Å². The smallest absolute Gasteiger partial charge is 0.433 e. The van der Waals surface area contributed by atoms with Crippen LogP contribution in [-0.4, -0.2) is 66.3 Å². The van der Waals surface area contributed by atoms with E-state index in [1.807, 2.05) is 17.7 Å². The summed E-state index contributed by atoms with van der Waals surface area (Å²) in [4.78, 5) is 27.7. The van der Waals surface area contributed by atoms with Crippen LogP contribution in [0.25, 0.3) is 0 Å². The molecule has 148 valence electrons. The molecule has 1 aromatic rings. The fourth-order valence-electron chi connectivity index (χ4n) is 1.97. The van der Waals surface area contributed by atoms with E-state index in [2.05, 4.69) is 10.3 Å². The Morgan fingerprint density at radius 1 is 1.27 bits per heavy atom. The predicted molar refractivity (Wildman–Crippen MR) is 93.5 cm³/mol. The van der Waals surface area contributed by atoms with Gasteiger partial charge in [-0.15, -0.1) is 0 Å². The molecule has 0 saturated heterocycles. The Balaban J connectivity index is 2.24. The van der Waals surface area contributed by atoms with Gasteiger partial charge < -0.3 is 29.2 Å². The van der Waals surface area contributed by atoms with Gasteiger partial charge in [0.2, 0.25) is 5.91 Å². The molecule has 0 aliphatic rings. The maximum Gasteiger partial charge on any atom is 0.508 e. The average Bonchev–Trinajstić information content (AvgIpc) is 3.16. The number of rotatable bonds is 13. The number of aromatic nitrogens is 2. The van der Waals surface area contributed by atoms with Crippen molar-refractivity contribution in [1.29, 1.82) is 0 Å². The maximum atomic E-state index is 12.3. The third kappa shape index (κ3) is 8.30. The minimum absolute atomic E-state index is 0.0785. The van der Waals surface area contributed by atoms with Crippen molar-refractivity contribution in [2.75, 3.05) is 39.6 Å². The van der Waals surface area contributed by atoms with E-state index in [1.54, 1.807) is 12.5 Å². The number of carbonyl (C=O) groups excluding carboxylic acids is 2. The van der Waals surface area contributed by atoms with Crippen molar-refractivity contribution in [3.8, 4) is 0 Å². The molecule has 0 spiro atoms. The van der Waals surface area contributed by atoms with Crippen molar-refractivity contribution in [2.45, 2.75) is 33.2 Å². The summed E-state index contributed by atoms with van der Waals surface area (Å²) in [5.41, 5.74) is -1.23. The molecule has 0 fully saturated rings. The van der Waals surface area contributed by atoms with Gasteiger partial charge in [-0.05, 0) is 19.8 Å². The largest absolute Gasteiger partial charge is 0.508 e. The van der Waals surface area contributed by atoms with Crippen LogP contribution in [0.1, 0.15) is 26.7 Å². The van der Waals surface area contributed by atoms with Crippen LogP contribution < -0.4 is 5.32 Å². The second kappa shape index (κ2) is 12.3. The van der Waals surface area contributed by atoms with Gasteiger partial charge in [-0.2, -0.15) is 0 Å². The van der Waals surface area contributed by atoms with Crippen LogP contribution in [0, 0.1) is 5.41 Å². The van der Waals surface area contributed by atoms with E-state index in [-0.39, 0.29) is 25.7 Å². The molecule has 0 aliphatic heterocycles. The van der Waals surface area contributed by atoms with Crippen LogP contribution >= 0.6 is 0 Å². The zero-order valence-electron chi connectivity index (χ0n) is 15.5. The molecular formula is C17H29N3O6. The lowest BCUT2D eigenvalue weighted by molar-refractivity contribution is -0.135. The Morgan fingerprint density at radius 3 is 2.73 bits per heavy atom. The van der Waals surface area contributed by atoms with Gasteiger partial charge in [0.15, 0.2) is 0 Å². The highest BCUT2D eigenvalue weighted by Gasteiger charge is 2.34. The highest BCUT2D eigenvalue weighted by Crippen LogP contribution is 2.16. The minimum atomic E-state index is -1.23. The van der Waals surface area contributed by atoms with Crippen molar-refractivity contribution < 1.29 is 28.9 Å². The standard InChI is InChI=1S/C17H29N3O6/c1-3-9-24-10-11-25-16(23)26-13-17(2,12-21)15(22)19-5-4-7-20-8-6-18-14-20/h6,8,14,21H,3-5,7,9-13H2,1-2H3,(H,19,22). The fraction of sp³-hybridized carbons (Fsp3) is 0.706. The number of ether oxygens (including phenoxy) is 3. The first-order chi connectivity index (χ1) is 12.5. The number of aliphatic hydroxyl groups excluding tert-OH is 1. The summed E-state index contributed by atoms with van der Waals surface area (Å²) in [6.45, 7) is 4.90. The normalized spacial score (nSPS) is 13.0. The number of carbonyl (C=O) groups is 2. The summed E-state index contributed by atoms with van der Waals surface area (Å²) < 4.78 is 16.9. The Kier molecular flexibility index (Phi) is 10.3. The first-order valence-electron chi connectivity index (χ1n) is 8.74. The van der Waals surface area contributed by atoms with E-state index in [1.165, 1.54) is 6.92 Å². The van der Waals surface area contributed by atoms with Gasteiger partial charge in [0.1, 0.15) is 18.6 Å². The molecule has 1 atom stereocenters. The van der Waals surface area contributed by atoms with Crippen molar-refractivity contribution in [3.63, 3.8) is 0 Å². The lowest BCUT2D eigenvalue weighted by atomic mass is 9.92. The molecule has 26 heavy (non-hydrogen) atoms. The van der Waals surface area contributed by atoms with Crippen LogP contribution in [0.5, 0.6) is 0 Å². The van der Waals surface area contributed by atoms with Crippen LogP contribution in [-0.2, 0) is 25.5 Å². The lowest BCUT2D eigenvalue weighted by Crippen LogP contribution is -2.45. The molecule has 0 aliphatic carbocycles. The second-order valence-corrected chi connectivity index (χ2v) is 6.13. The molecule has 1 heterocycles. The molecule has 9 nitrogen and oxygen atoms in total. The molecule has 1 aromatic heterocycles. The minimum Gasteiger partial charge on any atom is -0.433 e. The molecule has 9 heteroatoms. The molecule has 2 N–H and O–H groups in total. The van der Waals surface area contributed by atoms with E-state index < -0.39 is 18.2 Å². The summed E-state index contributed by atoms with van der Waals surface area (Å²) in [5.74, 6) is -0.385. The third-order valence-corrected chi connectivity index (χ3v) is 3.64. The molecule has 0 bridgehead atoms. The number of hydrogen-bond donors (Lipinski definition) is 2. The van der Waals surface area contributed by atoms with Crippen molar-refractivity contribution in [1.82, 2.24) is 14.9 Å². The number of nitrogens with one attached hydrogen (secondary N) is 1. The number of nitrogens with zero attached hydrogens (tertiary/aromatic N) is 2. The Morgan fingerprint density at radius 2 is 2.08 bits per heavy atom. The van der Waals surface area contributed by atoms with Gasteiger partial charge in [-0.3, -0.25) is 4.79 Å². The van der Waals surface area contributed by atoms with E-state index in [0.717, 1.165) is 13.0 Å². The number of hydrogen-bond acceptors (Lipinski definition) is 7. The van der Waals surface area contributed by atoms with Gasteiger partial charge in [-0.1, -0.05) is 6.92 Å². The van der Waals surface area contributed by atoms with Crippen LogP contribution in [0.3, 0.4) is 0 Å². The highest BCUT2D eigenvalue weighted by atomic mass is 16.7. The van der Waals surface area contributed by atoms with Crippen molar-refractivity contribution >= 4 is 12.1 Å². The third-order valence-electron chi connectivity index (χ3n) is 3.64. The summed E-state index contributed by atoms with van der Waals surface area (Å²) in [6.07, 6.45) is 5.94. The lowest BCUT2D eigenvalue weighted by Gasteiger charge is -2.25. The molecule has 0 aromatic carbocycles. The topological polar surface area (TPSA) is 112 Å². The van der Waals surface area contributed by atoms with Gasteiger partial charge in [0.25, 0.3) is 0 Å². The van der Waals surface area contributed by atoms with E-state index in [0.29, 0.717) is 19.6 Å². The van der Waals surface area contributed by atoms with Gasteiger partial charge in [0.05, 0.1) is 19.5 Å². The summed E-state index contributed by atoms with van der Waals surface area (Å²) in [5, 5.41) is 12.3. The second-order valence-electron chi connectivity index (χ2n) is 6.13. The Labute approximate surface area is 153 Å². The number of aliphatic hydroxyl groups is 1. The monoisotopic (exact) mass is 371 g/mol. The first kappa shape index (κ1) is 21.9. The molecule has 1 rings (SSSR count). The summed E-state index contributed by atoms with van der Waals surface area (Å²) in [6, 6.07) is 0. The molecule has 1 unspecified atom stereocenters. The predicted octanol–water partition coefficient (Wildman–Crippen LogP) is 0.968. The van der Waals surface area contributed by atoms with E-state index in [4.69, 9.17) is 14.2 Å². The zero-order valence-corrected chi connectivity index (χ0v) is 15.5. The average molecular weight is 371 g/mol. The van der Waals surface area contributed by atoms with Crippen LogP contribution in [0.15, 0.2) is 18.7 Å². The number of amides is 1. The van der Waals surface area contributed by atoms with Crippen molar-refractivity contribution in [2.24, 2.45) is 5.41 Å². The number of imidazole rings is 1. The SMILES string of the molecule is CCCOCCOC(=O)OCC(C)(CO)C(=O)NCCCn1ccnc1. The molecular weight excluding hydrogens is 342 g/mol. The first-order valence-corrected chi connectivity index (χ1v) is 8.74. The summed E-state index contributed by atoms with van der Waals surface area (Å²) >= 11 is 0. The van der Waals surface area contributed by atoms with Gasteiger partial charge in [0, 0.05) is 32.1 Å². The fourth-order valence-corrected chi connectivity index (χ4v) is 1.97.